The molecule has 2 heterocycles. The van der Waals surface area contributed by atoms with Crippen molar-refractivity contribution in [2.75, 3.05) is 16.8 Å². The highest BCUT2D eigenvalue weighted by molar-refractivity contribution is 5.67. The van der Waals surface area contributed by atoms with Gasteiger partial charge in [-0.25, -0.2) is 4.98 Å². The van der Waals surface area contributed by atoms with Crippen LogP contribution in [0.15, 0.2) is 54.6 Å². The molecule has 0 fully saturated rings. The SMILES string of the molecule is Cc1cc(N2CCCc3ccccc32)nc(Nc2ccccc2C(F)(F)F)n1. The summed E-state index contributed by atoms with van der Waals surface area (Å²) in [6.07, 6.45) is -2.47. The quantitative estimate of drug-likeness (QED) is 0.635. The van der Waals surface area contributed by atoms with Crippen molar-refractivity contribution < 1.29 is 13.2 Å². The zero-order chi connectivity index (χ0) is 19.7. The molecule has 0 bridgehead atoms. The molecule has 0 unspecified atom stereocenters. The van der Waals surface area contributed by atoms with E-state index in [0.29, 0.717) is 11.5 Å². The van der Waals surface area contributed by atoms with Gasteiger partial charge in [0, 0.05) is 24.0 Å². The van der Waals surface area contributed by atoms with Crippen LogP contribution in [0.5, 0.6) is 0 Å². The van der Waals surface area contributed by atoms with Gasteiger partial charge < -0.3 is 10.2 Å². The van der Waals surface area contributed by atoms with Crippen LogP contribution in [-0.4, -0.2) is 16.5 Å². The minimum absolute atomic E-state index is 0.0643. The molecule has 0 aliphatic carbocycles. The normalized spacial score (nSPS) is 13.9. The molecule has 0 radical (unpaired) electrons. The summed E-state index contributed by atoms with van der Waals surface area (Å²) < 4.78 is 39.8. The van der Waals surface area contributed by atoms with E-state index in [-0.39, 0.29) is 11.6 Å². The molecular formula is C21H19F3N4. The number of benzene rings is 2. The molecule has 7 heteroatoms. The molecule has 1 aliphatic heterocycles. The molecule has 1 N–H and O–H groups in total. The molecule has 1 aromatic heterocycles. The van der Waals surface area contributed by atoms with E-state index >= 15 is 0 Å². The maximum absolute atomic E-state index is 13.3. The van der Waals surface area contributed by atoms with Gasteiger partial charge in [0.2, 0.25) is 5.95 Å². The number of aromatic nitrogens is 2. The number of hydrogen-bond donors (Lipinski definition) is 1. The number of fused-ring (bicyclic) bond motifs is 1. The van der Waals surface area contributed by atoms with Gasteiger partial charge in [-0.15, -0.1) is 0 Å². The summed E-state index contributed by atoms with van der Waals surface area (Å²) in [4.78, 5) is 10.9. The van der Waals surface area contributed by atoms with Crippen molar-refractivity contribution in [1.82, 2.24) is 9.97 Å². The molecule has 28 heavy (non-hydrogen) atoms. The molecule has 0 atom stereocenters. The molecular weight excluding hydrogens is 365 g/mol. The first-order valence-corrected chi connectivity index (χ1v) is 9.06. The van der Waals surface area contributed by atoms with E-state index in [1.165, 1.54) is 17.7 Å². The van der Waals surface area contributed by atoms with Gasteiger partial charge >= 0.3 is 6.18 Å². The van der Waals surface area contributed by atoms with Crippen molar-refractivity contribution in [3.8, 4) is 0 Å². The van der Waals surface area contributed by atoms with Crippen LogP contribution in [0, 0.1) is 6.92 Å². The van der Waals surface area contributed by atoms with Crippen LogP contribution in [-0.2, 0) is 12.6 Å². The molecule has 2 aromatic carbocycles. The second kappa shape index (κ2) is 7.14. The molecule has 3 aromatic rings. The fourth-order valence-corrected chi connectivity index (χ4v) is 3.48. The number of nitrogens with one attached hydrogen (secondary N) is 1. The van der Waals surface area contributed by atoms with Gasteiger partial charge in [0.15, 0.2) is 0 Å². The standard InChI is InChI=1S/C21H19F3N4/c1-14-13-19(28-12-6-8-15-7-2-5-11-18(15)28)27-20(25-14)26-17-10-4-3-9-16(17)21(22,23)24/h2-5,7,9-11,13H,6,8,12H2,1H3,(H,25,26,27). The Balaban J connectivity index is 1.71. The van der Waals surface area contributed by atoms with Gasteiger partial charge in [0.25, 0.3) is 0 Å². The predicted molar refractivity (Wildman–Crippen MR) is 103 cm³/mol. The number of para-hydroxylation sites is 2. The highest BCUT2D eigenvalue weighted by Crippen LogP contribution is 2.36. The smallest absolute Gasteiger partial charge is 0.326 e. The van der Waals surface area contributed by atoms with E-state index < -0.39 is 11.7 Å². The number of halogens is 3. The van der Waals surface area contributed by atoms with Crippen molar-refractivity contribution in [1.29, 1.82) is 0 Å². The summed E-state index contributed by atoms with van der Waals surface area (Å²) in [6.45, 7) is 2.61. The van der Waals surface area contributed by atoms with Crippen molar-refractivity contribution in [3.63, 3.8) is 0 Å². The molecule has 0 amide bonds. The van der Waals surface area contributed by atoms with Crippen LogP contribution in [0.1, 0.15) is 23.2 Å². The minimum atomic E-state index is -4.46. The van der Waals surface area contributed by atoms with Gasteiger partial charge in [0.05, 0.1) is 11.3 Å². The van der Waals surface area contributed by atoms with E-state index in [0.717, 1.165) is 31.1 Å². The number of rotatable bonds is 3. The third kappa shape index (κ3) is 3.65. The zero-order valence-corrected chi connectivity index (χ0v) is 15.3. The van der Waals surface area contributed by atoms with Crippen LogP contribution < -0.4 is 10.2 Å². The first kappa shape index (κ1) is 18.3. The third-order valence-electron chi connectivity index (χ3n) is 4.71. The topological polar surface area (TPSA) is 41.1 Å². The Labute approximate surface area is 161 Å². The van der Waals surface area contributed by atoms with E-state index in [2.05, 4.69) is 26.3 Å². The Kier molecular flexibility index (Phi) is 4.66. The second-order valence-corrected chi connectivity index (χ2v) is 6.74. The lowest BCUT2D eigenvalue weighted by Crippen LogP contribution is -2.25. The molecule has 4 rings (SSSR count). The highest BCUT2D eigenvalue weighted by Gasteiger charge is 2.33. The molecule has 144 valence electrons. The van der Waals surface area contributed by atoms with Crippen LogP contribution in [0.2, 0.25) is 0 Å². The molecule has 0 saturated carbocycles. The highest BCUT2D eigenvalue weighted by atomic mass is 19.4. The maximum atomic E-state index is 13.3. The van der Waals surface area contributed by atoms with Crippen molar-refractivity contribution in [2.24, 2.45) is 0 Å². The minimum Gasteiger partial charge on any atom is -0.326 e. The average molecular weight is 384 g/mol. The largest absolute Gasteiger partial charge is 0.418 e. The number of hydrogen-bond acceptors (Lipinski definition) is 4. The Morgan fingerprint density at radius 2 is 1.75 bits per heavy atom. The lowest BCUT2D eigenvalue weighted by molar-refractivity contribution is -0.136. The van der Waals surface area contributed by atoms with Crippen molar-refractivity contribution in [3.05, 3.63) is 71.4 Å². The Bertz CT molecular complexity index is 1000. The predicted octanol–water partition coefficient (Wildman–Crippen LogP) is 5.63. The maximum Gasteiger partial charge on any atom is 0.418 e. The fourth-order valence-electron chi connectivity index (χ4n) is 3.48. The lowest BCUT2D eigenvalue weighted by Gasteiger charge is -2.30. The molecule has 4 nitrogen and oxygen atoms in total. The Hall–Kier alpha value is -3.09. The Morgan fingerprint density at radius 1 is 1.00 bits per heavy atom. The van der Waals surface area contributed by atoms with E-state index in [4.69, 9.17) is 0 Å². The summed E-state index contributed by atoms with van der Waals surface area (Å²) in [6, 6.07) is 15.3. The van der Waals surface area contributed by atoms with Gasteiger partial charge in [-0.3, -0.25) is 0 Å². The number of aryl methyl sites for hydroxylation is 2. The first-order valence-electron chi connectivity index (χ1n) is 9.06. The molecule has 1 aliphatic rings. The van der Waals surface area contributed by atoms with Crippen LogP contribution in [0.4, 0.5) is 36.3 Å². The monoisotopic (exact) mass is 384 g/mol. The van der Waals surface area contributed by atoms with Crippen LogP contribution in [0.3, 0.4) is 0 Å². The second-order valence-electron chi connectivity index (χ2n) is 6.74. The summed E-state index contributed by atoms with van der Waals surface area (Å²) in [5.74, 6) is 0.821. The first-order chi connectivity index (χ1) is 13.4. The third-order valence-corrected chi connectivity index (χ3v) is 4.71. The van der Waals surface area contributed by atoms with Crippen LogP contribution in [0.25, 0.3) is 0 Å². The van der Waals surface area contributed by atoms with Gasteiger partial charge in [-0.1, -0.05) is 30.3 Å². The summed E-state index contributed by atoms with van der Waals surface area (Å²) >= 11 is 0. The van der Waals surface area contributed by atoms with Gasteiger partial charge in [-0.05, 0) is 43.5 Å². The number of nitrogens with zero attached hydrogens (tertiary/aromatic N) is 3. The molecule has 0 spiro atoms. The fraction of sp³-hybridized carbons (Fsp3) is 0.238. The summed E-state index contributed by atoms with van der Waals surface area (Å²) in [7, 11) is 0. The van der Waals surface area contributed by atoms with Gasteiger partial charge in [-0.2, -0.15) is 18.2 Å². The van der Waals surface area contributed by atoms with Crippen molar-refractivity contribution in [2.45, 2.75) is 25.9 Å². The van der Waals surface area contributed by atoms with E-state index in [1.807, 2.05) is 31.2 Å². The van der Waals surface area contributed by atoms with E-state index in [9.17, 15) is 13.2 Å². The Morgan fingerprint density at radius 3 is 2.57 bits per heavy atom. The van der Waals surface area contributed by atoms with E-state index in [1.54, 1.807) is 6.07 Å². The number of anilines is 4. The average Bonchev–Trinajstić information content (AvgIpc) is 2.66. The number of alkyl halides is 3. The lowest BCUT2D eigenvalue weighted by atomic mass is 10.0. The van der Waals surface area contributed by atoms with Crippen LogP contribution >= 0.6 is 0 Å². The van der Waals surface area contributed by atoms with Crippen molar-refractivity contribution >= 4 is 23.1 Å². The summed E-state index contributed by atoms with van der Waals surface area (Å²) in [5.41, 5.74) is 2.19. The zero-order valence-electron chi connectivity index (χ0n) is 15.3. The molecule has 0 saturated heterocycles. The summed E-state index contributed by atoms with van der Waals surface area (Å²) in [5, 5.41) is 2.75. The van der Waals surface area contributed by atoms with Gasteiger partial charge in [0.1, 0.15) is 5.82 Å².